The predicted octanol–water partition coefficient (Wildman–Crippen LogP) is 1.77. The Labute approximate surface area is 150 Å². The summed E-state index contributed by atoms with van der Waals surface area (Å²) in [5, 5.41) is 9.75. The standard InChI is InChI=1S/C15H19Cl2N5O2/c1-9(10-3-4-11(16)12(17)7-10)21-14(18-2)19-5-6-22-13(23)8-20-15(22)24/h3-4,7,9H,5-6,8H2,1-2H3,(H,20,24)(H2,18,19,21). The molecule has 1 saturated heterocycles. The fraction of sp³-hybridized carbons (Fsp3) is 0.400. The Bertz CT molecular complexity index is 649. The molecule has 3 N–H and O–H groups in total. The van der Waals surface area contributed by atoms with Gasteiger partial charge in [0.25, 0.3) is 0 Å². The number of nitrogens with one attached hydrogen (secondary N) is 3. The van der Waals surface area contributed by atoms with Crippen molar-refractivity contribution in [3.8, 4) is 0 Å². The summed E-state index contributed by atoms with van der Waals surface area (Å²) in [6, 6.07) is 5.00. The highest BCUT2D eigenvalue weighted by atomic mass is 35.5. The molecule has 0 radical (unpaired) electrons. The van der Waals surface area contributed by atoms with Gasteiger partial charge in [-0.2, -0.15) is 0 Å². The van der Waals surface area contributed by atoms with Gasteiger partial charge in [0, 0.05) is 20.1 Å². The van der Waals surface area contributed by atoms with Crippen molar-refractivity contribution in [1.82, 2.24) is 20.9 Å². The molecule has 0 spiro atoms. The van der Waals surface area contributed by atoms with Gasteiger partial charge in [-0.3, -0.25) is 14.7 Å². The minimum Gasteiger partial charge on any atom is -0.355 e. The summed E-state index contributed by atoms with van der Waals surface area (Å²) < 4.78 is 0. The number of urea groups is 1. The number of guanidine groups is 1. The van der Waals surface area contributed by atoms with Crippen LogP contribution < -0.4 is 16.0 Å². The van der Waals surface area contributed by atoms with E-state index in [9.17, 15) is 9.59 Å². The van der Waals surface area contributed by atoms with E-state index in [1.54, 1.807) is 19.2 Å². The Morgan fingerprint density at radius 1 is 1.38 bits per heavy atom. The molecule has 0 aromatic heterocycles. The van der Waals surface area contributed by atoms with Crippen LogP contribution in [0.25, 0.3) is 0 Å². The average molecular weight is 372 g/mol. The summed E-state index contributed by atoms with van der Waals surface area (Å²) in [6.45, 7) is 2.68. The number of halogens is 2. The normalized spacial score (nSPS) is 16.2. The highest BCUT2D eigenvalue weighted by Crippen LogP contribution is 2.25. The third kappa shape index (κ3) is 4.52. The number of carbonyl (C=O) groups is 2. The maximum atomic E-state index is 11.5. The molecule has 7 nitrogen and oxygen atoms in total. The second-order valence-electron chi connectivity index (χ2n) is 5.24. The molecule has 9 heteroatoms. The minimum atomic E-state index is -0.367. The molecule has 130 valence electrons. The monoisotopic (exact) mass is 371 g/mol. The lowest BCUT2D eigenvalue weighted by Gasteiger charge is -2.20. The molecule has 1 heterocycles. The zero-order valence-electron chi connectivity index (χ0n) is 13.4. The van der Waals surface area contributed by atoms with Crippen molar-refractivity contribution in [3.05, 3.63) is 33.8 Å². The number of imide groups is 1. The van der Waals surface area contributed by atoms with Crippen molar-refractivity contribution >= 4 is 41.1 Å². The number of rotatable bonds is 5. The lowest BCUT2D eigenvalue weighted by molar-refractivity contribution is -0.124. The largest absolute Gasteiger partial charge is 0.355 e. The van der Waals surface area contributed by atoms with E-state index < -0.39 is 0 Å². The summed E-state index contributed by atoms with van der Waals surface area (Å²) >= 11 is 12.0. The molecular weight excluding hydrogens is 353 g/mol. The quantitative estimate of drug-likeness (QED) is 0.418. The minimum absolute atomic E-state index is 0.0531. The molecule has 1 aromatic carbocycles. The van der Waals surface area contributed by atoms with Gasteiger partial charge in [-0.25, -0.2) is 4.79 Å². The Morgan fingerprint density at radius 3 is 2.71 bits per heavy atom. The summed E-state index contributed by atoms with van der Waals surface area (Å²) in [7, 11) is 1.64. The number of nitrogens with zero attached hydrogens (tertiary/aromatic N) is 2. The van der Waals surface area contributed by atoms with E-state index in [0.717, 1.165) is 5.56 Å². The van der Waals surface area contributed by atoms with Gasteiger partial charge in [0.15, 0.2) is 5.96 Å². The molecule has 2 rings (SSSR count). The smallest absolute Gasteiger partial charge is 0.324 e. The first-order valence-corrected chi connectivity index (χ1v) is 8.18. The molecule has 24 heavy (non-hydrogen) atoms. The number of carbonyl (C=O) groups excluding carboxylic acids is 2. The fourth-order valence-electron chi connectivity index (χ4n) is 2.23. The van der Waals surface area contributed by atoms with Crippen LogP contribution in [0.3, 0.4) is 0 Å². The first kappa shape index (κ1) is 18.4. The van der Waals surface area contributed by atoms with Crippen LogP contribution in [0, 0.1) is 0 Å². The van der Waals surface area contributed by atoms with Gasteiger partial charge in [-0.1, -0.05) is 29.3 Å². The van der Waals surface area contributed by atoms with Crippen LogP contribution in [-0.2, 0) is 4.79 Å². The number of amides is 3. The summed E-state index contributed by atoms with van der Waals surface area (Å²) in [5.41, 5.74) is 0.960. The number of hydrogen-bond acceptors (Lipinski definition) is 3. The van der Waals surface area contributed by atoms with E-state index in [-0.39, 0.29) is 31.1 Å². The van der Waals surface area contributed by atoms with E-state index in [1.807, 2.05) is 13.0 Å². The topological polar surface area (TPSA) is 85.8 Å². The van der Waals surface area contributed by atoms with Gasteiger partial charge in [-0.05, 0) is 24.6 Å². The number of hydrogen-bond donors (Lipinski definition) is 3. The number of aliphatic imine (C=N–C) groups is 1. The van der Waals surface area contributed by atoms with Crippen LogP contribution in [0.15, 0.2) is 23.2 Å². The Hall–Kier alpha value is -1.99. The van der Waals surface area contributed by atoms with E-state index in [4.69, 9.17) is 23.2 Å². The van der Waals surface area contributed by atoms with Gasteiger partial charge in [0.05, 0.1) is 22.6 Å². The lowest BCUT2D eigenvalue weighted by Crippen LogP contribution is -2.43. The Balaban J connectivity index is 1.86. The van der Waals surface area contributed by atoms with E-state index in [0.29, 0.717) is 22.5 Å². The van der Waals surface area contributed by atoms with E-state index in [2.05, 4.69) is 20.9 Å². The molecule has 1 aromatic rings. The van der Waals surface area contributed by atoms with Gasteiger partial charge >= 0.3 is 6.03 Å². The maximum Gasteiger partial charge on any atom is 0.324 e. The van der Waals surface area contributed by atoms with Crippen LogP contribution in [0.1, 0.15) is 18.5 Å². The van der Waals surface area contributed by atoms with E-state index in [1.165, 1.54) is 4.90 Å². The number of benzene rings is 1. The molecule has 1 unspecified atom stereocenters. The van der Waals surface area contributed by atoms with Gasteiger partial charge in [0.1, 0.15) is 0 Å². The van der Waals surface area contributed by atoms with Gasteiger partial charge in [-0.15, -0.1) is 0 Å². The van der Waals surface area contributed by atoms with Crippen LogP contribution in [-0.4, -0.2) is 49.5 Å². The lowest BCUT2D eigenvalue weighted by atomic mass is 10.1. The third-order valence-corrected chi connectivity index (χ3v) is 4.32. The van der Waals surface area contributed by atoms with Crippen molar-refractivity contribution in [2.75, 3.05) is 26.7 Å². The third-order valence-electron chi connectivity index (χ3n) is 3.59. The van der Waals surface area contributed by atoms with Crippen LogP contribution in [0.2, 0.25) is 10.0 Å². The SMILES string of the molecule is CN=C(NCCN1C(=O)CNC1=O)NC(C)c1ccc(Cl)c(Cl)c1. The van der Waals surface area contributed by atoms with Gasteiger partial charge in [0.2, 0.25) is 5.91 Å². The summed E-state index contributed by atoms with van der Waals surface area (Å²) in [4.78, 5) is 28.2. The molecule has 0 bridgehead atoms. The molecule has 0 saturated carbocycles. The van der Waals surface area contributed by atoms with Crippen LogP contribution in [0.5, 0.6) is 0 Å². The average Bonchev–Trinajstić information content (AvgIpc) is 2.88. The highest BCUT2D eigenvalue weighted by Gasteiger charge is 2.27. The summed E-state index contributed by atoms with van der Waals surface area (Å²) in [6.07, 6.45) is 0. The fourth-order valence-corrected chi connectivity index (χ4v) is 2.54. The molecule has 3 amide bonds. The predicted molar refractivity (Wildman–Crippen MR) is 94.5 cm³/mol. The van der Waals surface area contributed by atoms with Gasteiger partial charge < -0.3 is 16.0 Å². The van der Waals surface area contributed by atoms with Crippen molar-refractivity contribution in [2.24, 2.45) is 4.99 Å². The molecule has 1 atom stereocenters. The molecule has 1 aliphatic rings. The Morgan fingerprint density at radius 2 is 2.12 bits per heavy atom. The molecular formula is C15H19Cl2N5O2. The second-order valence-corrected chi connectivity index (χ2v) is 6.06. The zero-order chi connectivity index (χ0) is 17.7. The van der Waals surface area contributed by atoms with Crippen molar-refractivity contribution < 1.29 is 9.59 Å². The van der Waals surface area contributed by atoms with Crippen molar-refractivity contribution in [3.63, 3.8) is 0 Å². The first-order chi connectivity index (χ1) is 11.4. The summed E-state index contributed by atoms with van der Waals surface area (Å²) in [5.74, 6) is 0.328. The van der Waals surface area contributed by atoms with Crippen LogP contribution in [0.4, 0.5) is 4.79 Å². The van der Waals surface area contributed by atoms with Crippen molar-refractivity contribution in [2.45, 2.75) is 13.0 Å². The molecule has 1 fully saturated rings. The molecule has 1 aliphatic heterocycles. The zero-order valence-corrected chi connectivity index (χ0v) is 14.9. The molecule has 0 aliphatic carbocycles. The maximum absolute atomic E-state index is 11.5. The Kier molecular flexibility index (Phi) is 6.28. The first-order valence-electron chi connectivity index (χ1n) is 7.42. The second kappa shape index (κ2) is 8.21. The van der Waals surface area contributed by atoms with E-state index >= 15 is 0 Å². The van der Waals surface area contributed by atoms with Crippen LogP contribution >= 0.6 is 23.2 Å². The highest BCUT2D eigenvalue weighted by molar-refractivity contribution is 6.42. The van der Waals surface area contributed by atoms with Crippen molar-refractivity contribution in [1.29, 1.82) is 0 Å².